The zero-order chi connectivity index (χ0) is 33.5. The molecule has 5 atom stereocenters. The topological polar surface area (TPSA) is 121 Å². The summed E-state index contributed by atoms with van der Waals surface area (Å²) in [6, 6.07) is 4.88. The Labute approximate surface area is 275 Å². The van der Waals surface area contributed by atoms with Crippen molar-refractivity contribution in [2.24, 2.45) is 5.92 Å². The molecule has 2 aromatic carbocycles. The Morgan fingerprint density at radius 3 is 2.74 bits per heavy atom. The van der Waals surface area contributed by atoms with Crippen molar-refractivity contribution in [1.82, 2.24) is 15.2 Å². The number of amides is 2. The van der Waals surface area contributed by atoms with Crippen LogP contribution in [0, 0.1) is 11.7 Å². The molecule has 3 heterocycles. The molecule has 250 valence electrons. The largest absolute Gasteiger partial charge is 0.479 e. The molecular weight excluding hydrogens is 664 g/mol. The second kappa shape index (κ2) is 12.9. The normalized spacial score (nSPS) is 27.0. The van der Waals surface area contributed by atoms with E-state index in [1.54, 1.807) is 24.3 Å². The first-order valence-electron chi connectivity index (χ1n) is 15.2. The van der Waals surface area contributed by atoms with Gasteiger partial charge in [-0.25, -0.2) is 14.2 Å². The third kappa shape index (κ3) is 7.18. The van der Waals surface area contributed by atoms with E-state index >= 15 is 0 Å². The van der Waals surface area contributed by atoms with Gasteiger partial charge < -0.3 is 25.4 Å². The van der Waals surface area contributed by atoms with Gasteiger partial charge in [-0.3, -0.25) is 9.59 Å². The Balaban J connectivity index is 1.31. The molecule has 2 amide bonds. The average molecular weight is 695 g/mol. The summed E-state index contributed by atoms with van der Waals surface area (Å²) in [7, 11) is 0. The molecular formula is C32H31ClF4N4O5S. The molecule has 1 saturated carbocycles. The van der Waals surface area contributed by atoms with Crippen LogP contribution in [0.4, 0.5) is 23.2 Å². The van der Waals surface area contributed by atoms with Gasteiger partial charge in [-0.05, 0) is 62.1 Å². The minimum absolute atomic E-state index is 0.00929. The van der Waals surface area contributed by atoms with Crippen LogP contribution in [-0.2, 0) is 20.6 Å². The number of allylic oxidation sites excluding steroid dienone is 1. The lowest BCUT2D eigenvalue weighted by atomic mass is 10.0. The van der Waals surface area contributed by atoms with Crippen molar-refractivity contribution in [2.75, 3.05) is 11.9 Å². The van der Waals surface area contributed by atoms with Gasteiger partial charge in [-0.1, -0.05) is 47.9 Å². The number of hydrogen-bond donors (Lipinski definition) is 3. The number of nitrogens with one attached hydrogen (secondary N) is 2. The molecule has 1 saturated heterocycles. The van der Waals surface area contributed by atoms with E-state index in [1.807, 2.05) is 6.08 Å². The van der Waals surface area contributed by atoms with E-state index in [9.17, 15) is 37.1 Å². The monoisotopic (exact) mass is 694 g/mol. The molecule has 15 heteroatoms. The zero-order valence-corrected chi connectivity index (χ0v) is 26.4. The number of aromatic nitrogens is 1. The van der Waals surface area contributed by atoms with Crippen molar-refractivity contribution in [3.63, 3.8) is 0 Å². The third-order valence-corrected chi connectivity index (χ3v) is 9.93. The lowest BCUT2D eigenvalue weighted by Gasteiger charge is -2.30. The van der Waals surface area contributed by atoms with Crippen LogP contribution in [0.5, 0.6) is 5.19 Å². The van der Waals surface area contributed by atoms with Gasteiger partial charge in [0.05, 0.1) is 22.3 Å². The molecule has 0 radical (unpaired) electrons. The number of halogens is 5. The van der Waals surface area contributed by atoms with Crippen molar-refractivity contribution in [3.05, 3.63) is 65.0 Å². The van der Waals surface area contributed by atoms with Crippen molar-refractivity contribution in [3.8, 4) is 5.19 Å². The molecule has 3 aromatic rings. The summed E-state index contributed by atoms with van der Waals surface area (Å²) in [6.45, 7) is -0.0772. The summed E-state index contributed by atoms with van der Waals surface area (Å²) >= 11 is 7.33. The Hall–Kier alpha value is -3.91. The maximum atomic E-state index is 14.3. The minimum atomic E-state index is -4.81. The second-order valence-electron chi connectivity index (χ2n) is 12.1. The fraction of sp³-hybridized carbons (Fsp3) is 0.438. The van der Waals surface area contributed by atoms with E-state index in [4.69, 9.17) is 16.3 Å². The van der Waals surface area contributed by atoms with Crippen LogP contribution in [0.3, 0.4) is 0 Å². The Morgan fingerprint density at radius 2 is 1.98 bits per heavy atom. The fourth-order valence-corrected chi connectivity index (χ4v) is 7.41. The van der Waals surface area contributed by atoms with Crippen LogP contribution in [0.1, 0.15) is 50.5 Å². The summed E-state index contributed by atoms with van der Waals surface area (Å²) in [5, 5.41) is 16.3. The number of benzene rings is 2. The number of anilines is 1. The number of carboxylic acid groups (broad SMARTS) is 1. The number of nitrogens with zero attached hydrogens (tertiary/aromatic N) is 2. The zero-order valence-electron chi connectivity index (χ0n) is 24.9. The first-order chi connectivity index (χ1) is 22.3. The Bertz CT molecular complexity index is 1730. The molecule has 3 aliphatic rings. The number of carboxylic acids is 1. The maximum Gasteiger partial charge on any atom is 0.416 e. The molecule has 1 aromatic heterocycles. The molecule has 3 N–H and O–H groups in total. The summed E-state index contributed by atoms with van der Waals surface area (Å²) in [5.41, 5.74) is -2.31. The third-order valence-electron chi connectivity index (χ3n) is 8.79. The second-order valence-corrected chi connectivity index (χ2v) is 13.6. The number of hydrogen-bond acceptors (Lipinski definition) is 7. The van der Waals surface area contributed by atoms with E-state index in [1.165, 1.54) is 16.2 Å². The number of carbonyl (C=O) groups is 3. The molecule has 0 bridgehead atoms. The van der Waals surface area contributed by atoms with Crippen LogP contribution in [0.25, 0.3) is 10.2 Å². The quantitative estimate of drug-likeness (QED) is 0.208. The summed E-state index contributed by atoms with van der Waals surface area (Å²) < 4.78 is 61.6. The molecule has 6 rings (SSSR count). The van der Waals surface area contributed by atoms with Crippen LogP contribution in [0.15, 0.2) is 48.6 Å². The summed E-state index contributed by atoms with van der Waals surface area (Å²) in [6.07, 6.45) is 1.11. The van der Waals surface area contributed by atoms with Gasteiger partial charge in [0.2, 0.25) is 11.8 Å². The van der Waals surface area contributed by atoms with Crippen molar-refractivity contribution in [2.45, 2.75) is 74.8 Å². The highest BCUT2D eigenvalue weighted by Gasteiger charge is 2.61. The lowest BCUT2D eigenvalue weighted by Crippen LogP contribution is -2.55. The van der Waals surface area contributed by atoms with E-state index in [2.05, 4.69) is 15.6 Å². The first kappa shape index (κ1) is 33.0. The van der Waals surface area contributed by atoms with E-state index in [0.29, 0.717) is 35.9 Å². The molecule has 0 unspecified atom stereocenters. The maximum absolute atomic E-state index is 14.3. The Morgan fingerprint density at radius 1 is 1.17 bits per heavy atom. The number of alkyl halides is 3. The SMILES string of the molecule is O=C1N[C@]2(C(=O)O)C[C@H]2C=CCCCCC[C@H](Nc2cc(F)cc(C(F)(F)F)c2)C(=O)N2C[C@H](Oc3nc4ccc(Cl)cc4s3)C[C@@H]12. The van der Waals surface area contributed by atoms with Gasteiger partial charge in [0.1, 0.15) is 29.5 Å². The standard InChI is InChI=1S/C32H31ClF4N4O5S/c33-19-8-9-23-26(12-19)47-30(39-23)46-22-14-25-27(42)40-31(29(44)45)15-17(31)6-4-2-1-3-5-7-24(28(43)41(25)16-22)38-21-11-18(32(35,36)37)10-20(34)13-21/h4,6,8-13,17,22,24-25,38H,1-3,5,7,14-16H2,(H,40,42)(H,44,45)/t17-,22-,24+,25+,31-/m1/s1. The van der Waals surface area contributed by atoms with Gasteiger partial charge in [-0.15, -0.1) is 0 Å². The molecule has 1 aliphatic carbocycles. The van der Waals surface area contributed by atoms with Gasteiger partial charge in [0.15, 0.2) is 0 Å². The molecule has 2 fully saturated rings. The van der Waals surface area contributed by atoms with E-state index in [0.717, 1.165) is 23.3 Å². The van der Waals surface area contributed by atoms with Gasteiger partial charge in [0, 0.05) is 23.0 Å². The number of rotatable bonds is 5. The minimum Gasteiger partial charge on any atom is -0.479 e. The van der Waals surface area contributed by atoms with E-state index < -0.39 is 65.0 Å². The number of thiazole rings is 1. The number of aliphatic carboxylic acids is 1. The fourth-order valence-electron chi connectivity index (χ4n) is 6.26. The molecule has 0 spiro atoms. The smallest absolute Gasteiger partial charge is 0.416 e. The van der Waals surface area contributed by atoms with Gasteiger partial charge >= 0.3 is 12.1 Å². The van der Waals surface area contributed by atoms with Crippen LogP contribution in [-0.4, -0.2) is 63.0 Å². The van der Waals surface area contributed by atoms with Gasteiger partial charge in [0.25, 0.3) is 5.19 Å². The lowest BCUT2D eigenvalue weighted by molar-refractivity contribution is -0.145. The van der Waals surface area contributed by atoms with Crippen molar-refractivity contribution < 1.29 is 41.8 Å². The number of ether oxygens (including phenoxy) is 1. The molecule has 2 aliphatic heterocycles. The molecule has 9 nitrogen and oxygen atoms in total. The summed E-state index contributed by atoms with van der Waals surface area (Å²) in [4.78, 5) is 46.1. The van der Waals surface area contributed by atoms with Crippen molar-refractivity contribution >= 4 is 56.6 Å². The van der Waals surface area contributed by atoms with Crippen LogP contribution in [0.2, 0.25) is 5.02 Å². The van der Waals surface area contributed by atoms with Crippen LogP contribution < -0.4 is 15.4 Å². The van der Waals surface area contributed by atoms with Crippen molar-refractivity contribution in [1.29, 1.82) is 0 Å². The average Bonchev–Trinajstić information content (AvgIpc) is 3.32. The summed E-state index contributed by atoms with van der Waals surface area (Å²) in [5.74, 6) is -4.01. The highest BCUT2D eigenvalue weighted by molar-refractivity contribution is 7.20. The predicted octanol–water partition coefficient (Wildman–Crippen LogP) is 6.42. The Kier molecular flexibility index (Phi) is 9.09. The molecule has 47 heavy (non-hydrogen) atoms. The number of carbonyl (C=O) groups excluding carboxylic acids is 2. The predicted molar refractivity (Wildman–Crippen MR) is 167 cm³/mol. The first-order valence-corrected chi connectivity index (χ1v) is 16.4. The highest BCUT2D eigenvalue weighted by Crippen LogP contribution is 2.45. The highest BCUT2D eigenvalue weighted by atomic mass is 35.5. The van der Waals surface area contributed by atoms with Crippen LogP contribution >= 0.6 is 22.9 Å². The van der Waals surface area contributed by atoms with Gasteiger partial charge in [-0.2, -0.15) is 13.2 Å². The number of fused-ring (bicyclic) bond motifs is 3. The van der Waals surface area contributed by atoms with E-state index in [-0.39, 0.29) is 36.7 Å².